The number of hydrogen-bond acceptors (Lipinski definition) is 3. The summed E-state index contributed by atoms with van der Waals surface area (Å²) >= 11 is 0. The highest BCUT2D eigenvalue weighted by atomic mass is 32.2. The molecule has 0 radical (unpaired) electrons. The van der Waals surface area contributed by atoms with Crippen LogP contribution in [-0.2, 0) is 14.8 Å². The third-order valence-corrected chi connectivity index (χ3v) is 5.42. The summed E-state index contributed by atoms with van der Waals surface area (Å²) in [5, 5.41) is 0. The van der Waals surface area contributed by atoms with Crippen LogP contribution in [0.5, 0.6) is 0 Å². The molecule has 0 spiro atoms. The fraction of sp³-hybridized carbons (Fsp3) is 0.455. The largest absolute Gasteiger partial charge is 0.303 e. The molecule has 0 atom stereocenters. The first-order valence-electron chi connectivity index (χ1n) is 9.05. The lowest BCUT2D eigenvalue weighted by Gasteiger charge is -2.18. The summed E-state index contributed by atoms with van der Waals surface area (Å²) in [4.78, 5) is 10.6. The average Bonchev–Trinajstić information content (AvgIpc) is 2.59. The number of carbonyl (C=O) groups is 1. The maximum absolute atomic E-state index is 13.0. The molecule has 0 aliphatic rings. The van der Waals surface area contributed by atoms with E-state index in [1.54, 1.807) is 30.3 Å². The predicted octanol–water partition coefficient (Wildman–Crippen LogP) is 4.12. The van der Waals surface area contributed by atoms with Crippen LogP contribution in [0.2, 0.25) is 0 Å². The molecular formula is C22H29NO3S. The minimum Gasteiger partial charge on any atom is -0.303 e. The SMILES string of the molecule is Cc1ccc(S(=O)(=O)N(CC#CCCCC=O)CC=C=CC(C)(C)C)cc1. The Bertz CT molecular complexity index is 828. The number of unbranched alkanes of at least 4 members (excludes halogenated alkanes) is 2. The zero-order valence-corrected chi connectivity index (χ0v) is 17.5. The van der Waals surface area contributed by atoms with E-state index in [1.165, 1.54) is 4.31 Å². The van der Waals surface area contributed by atoms with Gasteiger partial charge in [0.25, 0.3) is 0 Å². The van der Waals surface area contributed by atoms with E-state index in [-0.39, 0.29) is 23.4 Å². The Morgan fingerprint density at radius 1 is 1.11 bits per heavy atom. The first-order valence-corrected chi connectivity index (χ1v) is 10.5. The molecule has 146 valence electrons. The molecule has 4 nitrogen and oxygen atoms in total. The summed E-state index contributed by atoms with van der Waals surface area (Å²) in [6.45, 7) is 8.38. The number of benzene rings is 1. The number of hydrogen-bond donors (Lipinski definition) is 0. The molecule has 27 heavy (non-hydrogen) atoms. The molecule has 0 saturated heterocycles. The van der Waals surface area contributed by atoms with Gasteiger partial charge in [-0.05, 0) is 43.0 Å². The van der Waals surface area contributed by atoms with Crippen LogP contribution in [0.3, 0.4) is 0 Å². The summed E-state index contributed by atoms with van der Waals surface area (Å²) in [6, 6.07) is 6.80. The topological polar surface area (TPSA) is 54.5 Å². The maximum Gasteiger partial charge on any atom is 0.244 e. The summed E-state index contributed by atoms with van der Waals surface area (Å²) in [5.74, 6) is 5.85. The van der Waals surface area contributed by atoms with E-state index in [2.05, 4.69) is 38.3 Å². The molecule has 1 aromatic rings. The van der Waals surface area contributed by atoms with Crippen LogP contribution in [0.15, 0.2) is 47.0 Å². The summed E-state index contributed by atoms with van der Waals surface area (Å²) in [5.41, 5.74) is 4.05. The highest BCUT2D eigenvalue weighted by Gasteiger charge is 2.22. The van der Waals surface area contributed by atoms with Crippen molar-refractivity contribution in [3.05, 3.63) is 47.7 Å². The zero-order chi connectivity index (χ0) is 20.3. The second-order valence-corrected chi connectivity index (χ2v) is 9.34. The van der Waals surface area contributed by atoms with E-state index in [0.717, 1.165) is 11.8 Å². The number of rotatable bonds is 8. The number of nitrogens with zero attached hydrogens (tertiary/aromatic N) is 1. The fourth-order valence-corrected chi connectivity index (χ4v) is 3.36. The van der Waals surface area contributed by atoms with Crippen molar-refractivity contribution in [3.63, 3.8) is 0 Å². The van der Waals surface area contributed by atoms with Crippen LogP contribution in [-0.4, -0.2) is 32.1 Å². The molecule has 0 saturated carbocycles. The number of aldehydes is 1. The van der Waals surface area contributed by atoms with Crippen molar-refractivity contribution in [2.75, 3.05) is 13.1 Å². The molecule has 5 heteroatoms. The molecule has 0 N–H and O–H groups in total. The van der Waals surface area contributed by atoms with Crippen molar-refractivity contribution in [2.24, 2.45) is 5.41 Å². The third-order valence-electron chi connectivity index (χ3n) is 3.59. The van der Waals surface area contributed by atoms with E-state index in [1.807, 2.05) is 13.0 Å². The molecule has 1 aromatic carbocycles. The molecule has 0 aromatic heterocycles. The Labute approximate surface area is 164 Å². The monoisotopic (exact) mass is 387 g/mol. The van der Waals surface area contributed by atoms with Crippen LogP contribution in [0, 0.1) is 24.2 Å². The van der Waals surface area contributed by atoms with Gasteiger partial charge < -0.3 is 4.79 Å². The Balaban J connectivity index is 2.99. The maximum atomic E-state index is 13.0. The average molecular weight is 388 g/mol. The van der Waals surface area contributed by atoms with E-state index in [0.29, 0.717) is 19.3 Å². The highest BCUT2D eigenvalue weighted by molar-refractivity contribution is 7.89. The first kappa shape index (κ1) is 22.9. The van der Waals surface area contributed by atoms with Crippen molar-refractivity contribution in [1.82, 2.24) is 4.31 Å². The summed E-state index contributed by atoms with van der Waals surface area (Å²) in [6.07, 6.45) is 6.23. The lowest BCUT2D eigenvalue weighted by Crippen LogP contribution is -2.31. The second kappa shape index (κ2) is 10.9. The van der Waals surface area contributed by atoms with E-state index < -0.39 is 10.0 Å². The van der Waals surface area contributed by atoms with Crippen molar-refractivity contribution in [1.29, 1.82) is 0 Å². The molecule has 0 unspecified atom stereocenters. The molecule has 0 aliphatic carbocycles. The van der Waals surface area contributed by atoms with Crippen LogP contribution in [0.4, 0.5) is 0 Å². The van der Waals surface area contributed by atoms with E-state index >= 15 is 0 Å². The molecule has 0 bridgehead atoms. The molecule has 0 aliphatic heterocycles. The van der Waals surface area contributed by atoms with Crippen molar-refractivity contribution < 1.29 is 13.2 Å². The quantitative estimate of drug-likeness (QED) is 0.292. The molecule has 0 fully saturated rings. The third kappa shape index (κ3) is 8.88. The fourth-order valence-electron chi connectivity index (χ4n) is 2.08. The summed E-state index contributed by atoms with van der Waals surface area (Å²) < 4.78 is 27.3. The van der Waals surface area contributed by atoms with Gasteiger partial charge in [0.1, 0.15) is 6.29 Å². The Morgan fingerprint density at radius 2 is 1.78 bits per heavy atom. The summed E-state index contributed by atoms with van der Waals surface area (Å²) in [7, 11) is -3.64. The van der Waals surface area contributed by atoms with Gasteiger partial charge in [-0.1, -0.05) is 44.4 Å². The van der Waals surface area contributed by atoms with Crippen LogP contribution >= 0.6 is 0 Å². The van der Waals surface area contributed by atoms with Gasteiger partial charge in [-0.3, -0.25) is 0 Å². The predicted molar refractivity (Wildman–Crippen MR) is 110 cm³/mol. The van der Waals surface area contributed by atoms with Gasteiger partial charge >= 0.3 is 0 Å². The Morgan fingerprint density at radius 3 is 2.37 bits per heavy atom. The first-order chi connectivity index (χ1) is 12.7. The van der Waals surface area contributed by atoms with Gasteiger partial charge in [0, 0.05) is 19.4 Å². The van der Waals surface area contributed by atoms with Gasteiger partial charge in [-0.15, -0.1) is 11.7 Å². The normalized spacial score (nSPS) is 11.3. The van der Waals surface area contributed by atoms with Crippen molar-refractivity contribution in [3.8, 4) is 11.8 Å². The Kier molecular flexibility index (Phi) is 9.25. The number of carbonyl (C=O) groups excluding carboxylic acids is 1. The lowest BCUT2D eigenvalue weighted by molar-refractivity contribution is -0.107. The van der Waals surface area contributed by atoms with Gasteiger partial charge in [0.15, 0.2) is 0 Å². The van der Waals surface area contributed by atoms with Crippen LogP contribution in [0.1, 0.15) is 45.6 Å². The van der Waals surface area contributed by atoms with E-state index in [4.69, 9.17) is 0 Å². The highest BCUT2D eigenvalue weighted by Crippen LogP contribution is 2.17. The van der Waals surface area contributed by atoms with Crippen LogP contribution < -0.4 is 0 Å². The minimum absolute atomic E-state index is 0.0183. The van der Waals surface area contributed by atoms with Gasteiger partial charge in [-0.25, -0.2) is 8.42 Å². The zero-order valence-electron chi connectivity index (χ0n) is 16.7. The lowest BCUT2D eigenvalue weighted by atomic mass is 9.97. The van der Waals surface area contributed by atoms with Gasteiger partial charge in [-0.2, -0.15) is 4.31 Å². The molecule has 1 rings (SSSR count). The number of aryl methyl sites for hydroxylation is 1. The smallest absolute Gasteiger partial charge is 0.244 e. The van der Waals surface area contributed by atoms with Gasteiger partial charge in [0.05, 0.1) is 11.4 Å². The van der Waals surface area contributed by atoms with Crippen molar-refractivity contribution >= 4 is 16.3 Å². The molecule has 0 amide bonds. The van der Waals surface area contributed by atoms with Crippen LogP contribution in [0.25, 0.3) is 0 Å². The Hall–Kier alpha value is -2.12. The van der Waals surface area contributed by atoms with Crippen molar-refractivity contribution in [2.45, 2.75) is 51.9 Å². The second-order valence-electron chi connectivity index (χ2n) is 7.40. The van der Waals surface area contributed by atoms with Gasteiger partial charge in [0.2, 0.25) is 10.0 Å². The molecule has 0 heterocycles. The minimum atomic E-state index is -3.64. The number of sulfonamides is 1. The standard InChI is InChI=1S/C22H29NO3S/c1-20-12-14-21(15-13-20)27(25,26)23(17-9-6-5-7-11-19-24)18-10-8-16-22(2,3)4/h10,12-16,19H,5,7,11,17-18H2,1-4H3. The molecular weight excluding hydrogens is 358 g/mol. The van der Waals surface area contributed by atoms with E-state index in [9.17, 15) is 13.2 Å².